The van der Waals surface area contributed by atoms with Gasteiger partial charge in [-0.25, -0.2) is 0 Å². The first-order valence-electron chi connectivity index (χ1n) is 5.59. The summed E-state index contributed by atoms with van der Waals surface area (Å²) in [7, 11) is 1.44. The van der Waals surface area contributed by atoms with Crippen LogP contribution in [0.3, 0.4) is 0 Å². The van der Waals surface area contributed by atoms with E-state index in [0.29, 0.717) is 5.92 Å². The third kappa shape index (κ3) is 2.99. The van der Waals surface area contributed by atoms with Crippen molar-refractivity contribution in [3.05, 3.63) is 35.4 Å². The molecule has 1 saturated heterocycles. The first-order chi connectivity index (χ1) is 7.72. The lowest BCUT2D eigenvalue weighted by Gasteiger charge is -2.12. The van der Waals surface area contributed by atoms with Gasteiger partial charge < -0.3 is 10.1 Å². The third-order valence-electron chi connectivity index (χ3n) is 3.24. The number of esters is 1. The van der Waals surface area contributed by atoms with Gasteiger partial charge in [0.2, 0.25) is 0 Å². The van der Waals surface area contributed by atoms with E-state index in [-0.39, 0.29) is 24.4 Å². The first kappa shape index (κ1) is 14.0. The fraction of sp³-hybridized carbons (Fsp3) is 0.462. The average Bonchev–Trinajstić information content (AvgIpc) is 2.78. The van der Waals surface area contributed by atoms with Gasteiger partial charge in [-0.1, -0.05) is 24.3 Å². The number of nitrogens with one attached hydrogen (secondary N) is 1. The number of benzene rings is 1. The van der Waals surface area contributed by atoms with Crippen LogP contribution in [0.15, 0.2) is 24.3 Å². The van der Waals surface area contributed by atoms with Crippen LogP contribution in [0.25, 0.3) is 0 Å². The molecule has 0 spiro atoms. The molecule has 0 saturated carbocycles. The minimum atomic E-state index is -0.156. The quantitative estimate of drug-likeness (QED) is 0.822. The van der Waals surface area contributed by atoms with Crippen molar-refractivity contribution in [3.63, 3.8) is 0 Å². The van der Waals surface area contributed by atoms with Gasteiger partial charge in [0.05, 0.1) is 7.11 Å². The highest BCUT2D eigenvalue weighted by molar-refractivity contribution is 5.85. The van der Waals surface area contributed by atoms with Crippen molar-refractivity contribution < 1.29 is 9.53 Å². The van der Waals surface area contributed by atoms with Crippen molar-refractivity contribution in [2.24, 2.45) is 0 Å². The zero-order valence-electron chi connectivity index (χ0n) is 10.1. The Morgan fingerprint density at radius 3 is 2.76 bits per heavy atom. The van der Waals surface area contributed by atoms with Gasteiger partial charge in [-0.05, 0) is 30.4 Å². The monoisotopic (exact) mass is 255 g/mol. The molecule has 0 unspecified atom stereocenters. The Kier molecular flexibility index (Phi) is 4.97. The van der Waals surface area contributed by atoms with E-state index in [1.807, 2.05) is 12.1 Å². The van der Waals surface area contributed by atoms with Crippen LogP contribution in [0.1, 0.15) is 23.5 Å². The van der Waals surface area contributed by atoms with Crippen molar-refractivity contribution in [3.8, 4) is 0 Å². The molecule has 0 aromatic heterocycles. The van der Waals surface area contributed by atoms with Crippen molar-refractivity contribution in [1.29, 1.82) is 0 Å². The lowest BCUT2D eigenvalue weighted by atomic mass is 9.93. The Labute approximate surface area is 108 Å². The van der Waals surface area contributed by atoms with Gasteiger partial charge in [0.25, 0.3) is 0 Å². The van der Waals surface area contributed by atoms with Crippen LogP contribution in [-0.2, 0) is 9.53 Å². The third-order valence-corrected chi connectivity index (χ3v) is 3.24. The van der Waals surface area contributed by atoms with Crippen LogP contribution >= 0.6 is 12.4 Å². The fourth-order valence-corrected chi connectivity index (χ4v) is 2.34. The molecule has 1 aromatic rings. The Balaban J connectivity index is 0.00000144. The van der Waals surface area contributed by atoms with E-state index in [1.54, 1.807) is 0 Å². The maximum Gasteiger partial charge on any atom is 0.322 e. The Hall–Kier alpha value is -1.06. The van der Waals surface area contributed by atoms with Gasteiger partial charge in [0.15, 0.2) is 0 Å². The molecule has 1 aliphatic rings. The zero-order valence-corrected chi connectivity index (χ0v) is 10.9. The molecule has 0 radical (unpaired) electrons. The van der Waals surface area contributed by atoms with Crippen LogP contribution < -0.4 is 5.32 Å². The van der Waals surface area contributed by atoms with Crippen LogP contribution in [-0.4, -0.2) is 25.7 Å². The lowest BCUT2D eigenvalue weighted by molar-refractivity contribution is -0.142. The molecule has 4 heteroatoms. The van der Waals surface area contributed by atoms with Gasteiger partial charge in [-0.15, -0.1) is 12.4 Å². The average molecular weight is 256 g/mol. The van der Waals surface area contributed by atoms with Crippen molar-refractivity contribution in [2.45, 2.75) is 25.3 Å². The smallest absolute Gasteiger partial charge is 0.322 e. The molecule has 1 heterocycles. The number of rotatable bonds is 2. The van der Waals surface area contributed by atoms with E-state index in [1.165, 1.54) is 18.2 Å². The molecular weight excluding hydrogens is 238 g/mol. The van der Waals surface area contributed by atoms with Gasteiger partial charge in [0, 0.05) is 6.54 Å². The highest BCUT2D eigenvalue weighted by atomic mass is 35.5. The summed E-state index contributed by atoms with van der Waals surface area (Å²) in [5, 5.41) is 3.21. The van der Waals surface area contributed by atoms with Gasteiger partial charge in [-0.3, -0.25) is 4.79 Å². The largest absolute Gasteiger partial charge is 0.468 e. The van der Waals surface area contributed by atoms with Crippen LogP contribution in [0.2, 0.25) is 0 Å². The maximum atomic E-state index is 11.4. The zero-order chi connectivity index (χ0) is 11.5. The molecule has 3 nitrogen and oxygen atoms in total. The summed E-state index contributed by atoms with van der Waals surface area (Å²) in [5.74, 6) is 0.265. The maximum absolute atomic E-state index is 11.4. The standard InChI is InChI=1S/C13H17NO2.ClH/c1-9-5-3-4-6-11(9)10-7-12(14-8-10)13(15)16-2;/h3-6,10,12,14H,7-8H2,1-2H3;1H/t10-,12-;/m0./s1. The molecule has 1 aliphatic heterocycles. The number of carbonyl (C=O) groups excluding carboxylic acids is 1. The predicted molar refractivity (Wildman–Crippen MR) is 69.6 cm³/mol. The SMILES string of the molecule is COC(=O)[C@@H]1C[C@H](c2ccccc2C)CN1.Cl. The van der Waals surface area contributed by atoms with E-state index >= 15 is 0 Å². The number of aryl methyl sites for hydroxylation is 1. The molecule has 17 heavy (non-hydrogen) atoms. The molecule has 0 aliphatic carbocycles. The second kappa shape index (κ2) is 6.03. The van der Waals surface area contributed by atoms with Crippen molar-refractivity contribution in [2.75, 3.05) is 13.7 Å². The number of halogens is 1. The molecule has 94 valence electrons. The number of hydrogen-bond acceptors (Lipinski definition) is 3. The molecule has 2 atom stereocenters. The molecular formula is C13H18ClNO2. The van der Waals surface area contributed by atoms with Crippen molar-refractivity contribution in [1.82, 2.24) is 5.32 Å². The summed E-state index contributed by atoms with van der Waals surface area (Å²) in [6.45, 7) is 2.96. The summed E-state index contributed by atoms with van der Waals surface area (Å²) >= 11 is 0. The number of ether oxygens (including phenoxy) is 1. The topological polar surface area (TPSA) is 38.3 Å². The molecule has 1 N–H and O–H groups in total. The molecule has 0 amide bonds. The summed E-state index contributed by atoms with van der Waals surface area (Å²) in [6.07, 6.45) is 0.831. The van der Waals surface area contributed by atoms with Crippen LogP contribution in [0.5, 0.6) is 0 Å². The fourth-order valence-electron chi connectivity index (χ4n) is 2.34. The van der Waals surface area contributed by atoms with E-state index in [4.69, 9.17) is 4.74 Å². The van der Waals surface area contributed by atoms with Crippen LogP contribution in [0, 0.1) is 6.92 Å². The summed E-state index contributed by atoms with van der Waals surface area (Å²) in [4.78, 5) is 11.4. The minimum Gasteiger partial charge on any atom is -0.468 e. The molecule has 2 rings (SSSR count). The number of methoxy groups -OCH3 is 1. The van der Waals surface area contributed by atoms with Crippen molar-refractivity contribution >= 4 is 18.4 Å². The first-order valence-corrected chi connectivity index (χ1v) is 5.59. The normalized spacial score (nSPS) is 22.9. The van der Waals surface area contributed by atoms with Gasteiger partial charge in [0.1, 0.15) is 6.04 Å². The molecule has 1 aromatic carbocycles. The summed E-state index contributed by atoms with van der Waals surface area (Å²) in [6, 6.07) is 8.20. The Morgan fingerprint density at radius 2 is 2.12 bits per heavy atom. The van der Waals surface area contributed by atoms with Gasteiger partial charge >= 0.3 is 5.97 Å². The minimum absolute atomic E-state index is 0. The van der Waals surface area contributed by atoms with E-state index in [9.17, 15) is 4.79 Å². The predicted octanol–water partition coefficient (Wildman–Crippen LogP) is 2.04. The molecule has 0 bridgehead atoms. The van der Waals surface area contributed by atoms with Gasteiger partial charge in [-0.2, -0.15) is 0 Å². The number of hydrogen-bond donors (Lipinski definition) is 1. The Bertz CT molecular complexity index is 395. The summed E-state index contributed by atoms with van der Waals surface area (Å²) in [5.41, 5.74) is 2.63. The Morgan fingerprint density at radius 1 is 1.41 bits per heavy atom. The lowest BCUT2D eigenvalue weighted by Crippen LogP contribution is -2.31. The second-order valence-corrected chi connectivity index (χ2v) is 4.27. The highest BCUT2D eigenvalue weighted by Crippen LogP contribution is 2.28. The van der Waals surface area contributed by atoms with E-state index in [2.05, 4.69) is 24.4 Å². The van der Waals surface area contributed by atoms with E-state index in [0.717, 1.165) is 13.0 Å². The van der Waals surface area contributed by atoms with E-state index < -0.39 is 0 Å². The summed E-state index contributed by atoms with van der Waals surface area (Å²) < 4.78 is 4.75. The highest BCUT2D eigenvalue weighted by Gasteiger charge is 2.31. The molecule has 1 fully saturated rings. The number of carbonyl (C=O) groups is 1. The second-order valence-electron chi connectivity index (χ2n) is 4.27. The van der Waals surface area contributed by atoms with Crippen LogP contribution in [0.4, 0.5) is 0 Å².